The number of ether oxygens (including phenoxy) is 2. The molecule has 450 valence electrons. The Morgan fingerprint density at radius 1 is 0.449 bits per heavy atom. The van der Waals surface area contributed by atoms with Crippen LogP contribution in [0.15, 0.2) is 97.2 Å². The lowest BCUT2D eigenvalue weighted by Gasteiger charge is -2.40. The van der Waals surface area contributed by atoms with Gasteiger partial charge in [-0.05, 0) is 77.0 Å². The van der Waals surface area contributed by atoms with Crippen molar-refractivity contribution in [3.05, 3.63) is 97.2 Å². The molecular formula is C69H121NO8. The van der Waals surface area contributed by atoms with Gasteiger partial charge in [0.05, 0.1) is 25.4 Å². The number of hydrogen-bond acceptors (Lipinski definition) is 8. The van der Waals surface area contributed by atoms with Crippen LogP contribution < -0.4 is 5.32 Å². The fourth-order valence-corrected chi connectivity index (χ4v) is 9.88. The molecule has 1 aliphatic rings. The highest BCUT2D eigenvalue weighted by molar-refractivity contribution is 5.76. The second kappa shape index (κ2) is 57.3. The van der Waals surface area contributed by atoms with Crippen LogP contribution in [0.2, 0.25) is 0 Å². The van der Waals surface area contributed by atoms with Crippen molar-refractivity contribution in [3.8, 4) is 0 Å². The molecule has 0 aliphatic carbocycles. The molecule has 0 radical (unpaired) electrons. The first kappa shape index (κ1) is 73.1. The lowest BCUT2D eigenvalue weighted by Crippen LogP contribution is -2.60. The minimum absolute atomic E-state index is 0.161. The summed E-state index contributed by atoms with van der Waals surface area (Å²) >= 11 is 0. The first-order chi connectivity index (χ1) is 38.3. The van der Waals surface area contributed by atoms with Crippen molar-refractivity contribution in [2.24, 2.45) is 0 Å². The molecule has 1 amide bonds. The van der Waals surface area contributed by atoms with Gasteiger partial charge in [-0.15, -0.1) is 0 Å². The average molecular weight is 1090 g/mol. The van der Waals surface area contributed by atoms with E-state index in [4.69, 9.17) is 9.47 Å². The number of aliphatic hydroxyl groups is 5. The zero-order chi connectivity index (χ0) is 56.5. The Morgan fingerprint density at radius 3 is 1.15 bits per heavy atom. The van der Waals surface area contributed by atoms with E-state index in [1.54, 1.807) is 0 Å². The van der Waals surface area contributed by atoms with Gasteiger partial charge in [0.15, 0.2) is 6.29 Å². The second-order valence-corrected chi connectivity index (χ2v) is 22.2. The first-order valence-corrected chi connectivity index (χ1v) is 32.4. The van der Waals surface area contributed by atoms with E-state index in [0.717, 1.165) is 83.5 Å². The van der Waals surface area contributed by atoms with E-state index in [1.807, 2.05) is 0 Å². The summed E-state index contributed by atoms with van der Waals surface area (Å²) in [5, 5.41) is 54.8. The van der Waals surface area contributed by atoms with Crippen LogP contribution >= 0.6 is 0 Å². The Hall–Kier alpha value is -2.89. The summed E-state index contributed by atoms with van der Waals surface area (Å²) in [4.78, 5) is 13.1. The molecule has 7 atom stereocenters. The van der Waals surface area contributed by atoms with Gasteiger partial charge in [-0.2, -0.15) is 0 Å². The molecule has 1 rings (SSSR count). The average Bonchev–Trinajstić information content (AvgIpc) is 3.45. The topological polar surface area (TPSA) is 149 Å². The van der Waals surface area contributed by atoms with Crippen molar-refractivity contribution in [2.75, 3.05) is 13.2 Å². The predicted octanol–water partition coefficient (Wildman–Crippen LogP) is 17.1. The van der Waals surface area contributed by atoms with Crippen molar-refractivity contribution in [3.63, 3.8) is 0 Å². The zero-order valence-electron chi connectivity index (χ0n) is 50.1. The van der Waals surface area contributed by atoms with Crippen LogP contribution in [-0.4, -0.2) is 87.5 Å². The van der Waals surface area contributed by atoms with Crippen molar-refractivity contribution in [1.29, 1.82) is 0 Å². The van der Waals surface area contributed by atoms with Crippen LogP contribution in [0.1, 0.15) is 277 Å². The largest absolute Gasteiger partial charge is 0.394 e. The van der Waals surface area contributed by atoms with Gasteiger partial charge in [0, 0.05) is 6.42 Å². The molecule has 6 N–H and O–H groups in total. The normalized spacial score (nSPS) is 19.3. The molecular weight excluding hydrogens is 971 g/mol. The summed E-state index contributed by atoms with van der Waals surface area (Å²) < 4.78 is 11.3. The number of nitrogens with one attached hydrogen (secondary N) is 1. The molecule has 0 spiro atoms. The fourth-order valence-electron chi connectivity index (χ4n) is 9.88. The summed E-state index contributed by atoms with van der Waals surface area (Å²) in [5.41, 5.74) is 0. The number of amides is 1. The molecule has 0 saturated carbocycles. The Labute approximate surface area is 479 Å². The van der Waals surface area contributed by atoms with E-state index in [9.17, 15) is 30.3 Å². The van der Waals surface area contributed by atoms with Crippen LogP contribution in [0, 0.1) is 0 Å². The highest BCUT2D eigenvalue weighted by Gasteiger charge is 2.44. The molecule has 78 heavy (non-hydrogen) atoms. The second-order valence-electron chi connectivity index (χ2n) is 22.2. The van der Waals surface area contributed by atoms with E-state index in [0.29, 0.717) is 19.3 Å². The van der Waals surface area contributed by atoms with Crippen LogP contribution in [0.5, 0.6) is 0 Å². The van der Waals surface area contributed by atoms with Crippen molar-refractivity contribution >= 4 is 5.91 Å². The predicted molar refractivity (Wildman–Crippen MR) is 331 cm³/mol. The Morgan fingerprint density at radius 2 is 0.795 bits per heavy atom. The summed E-state index contributed by atoms with van der Waals surface area (Å²) in [5.74, 6) is -0.187. The van der Waals surface area contributed by atoms with Crippen LogP contribution in [-0.2, 0) is 14.3 Å². The lowest BCUT2D eigenvalue weighted by molar-refractivity contribution is -0.302. The molecule has 0 aromatic carbocycles. The third kappa shape index (κ3) is 45.8. The van der Waals surface area contributed by atoms with Crippen LogP contribution in [0.4, 0.5) is 0 Å². The number of carbonyl (C=O) groups is 1. The lowest BCUT2D eigenvalue weighted by atomic mass is 9.99. The summed E-state index contributed by atoms with van der Waals surface area (Å²) in [7, 11) is 0. The maximum absolute atomic E-state index is 13.1. The molecule has 1 heterocycles. The number of aliphatic hydroxyl groups excluding tert-OH is 5. The first-order valence-electron chi connectivity index (χ1n) is 32.4. The standard InChI is InChI=1S/C69H121NO8/c1-3-5-7-9-11-13-15-17-19-21-23-25-27-29-31-33-34-36-38-40-42-44-46-48-50-52-54-56-58-63(72)62(61-77-69-68(76)67(75)66(74)64(60-71)78-69)70-65(73)59-57-55-53-51-49-47-45-43-41-39-37-35-32-30-28-26-24-22-20-18-16-14-12-10-8-6-4-2/h6,8,12,14,18,20,24,26,30,32,37,39,43,45,49,51,62-64,66-69,71-72,74-76H,3-5,7,9-11,13,15-17,19,21-23,25,27-29,31,33-36,38,40-42,44,46-48,50,52-61H2,1-2H3,(H,70,73)/b8-6-,14-12-,20-18-,26-24-,32-30-,39-37-,45-43-,51-49-. The van der Waals surface area contributed by atoms with Crippen LogP contribution in [0.3, 0.4) is 0 Å². The van der Waals surface area contributed by atoms with Crippen molar-refractivity contribution in [1.82, 2.24) is 5.32 Å². The molecule has 1 aliphatic heterocycles. The van der Waals surface area contributed by atoms with Gasteiger partial charge < -0.3 is 40.3 Å². The number of unbranched alkanes of at least 4 members (excludes halogenated alkanes) is 29. The van der Waals surface area contributed by atoms with Gasteiger partial charge in [0.2, 0.25) is 5.91 Å². The van der Waals surface area contributed by atoms with Gasteiger partial charge in [-0.3, -0.25) is 4.79 Å². The van der Waals surface area contributed by atoms with Gasteiger partial charge in [-0.1, -0.05) is 291 Å². The maximum Gasteiger partial charge on any atom is 0.220 e. The minimum atomic E-state index is -1.57. The fraction of sp³-hybridized carbons (Fsp3) is 0.754. The van der Waals surface area contributed by atoms with E-state index >= 15 is 0 Å². The molecule has 7 unspecified atom stereocenters. The molecule has 0 aromatic rings. The van der Waals surface area contributed by atoms with Crippen molar-refractivity contribution < 1.29 is 39.8 Å². The Bertz CT molecular complexity index is 1550. The maximum atomic E-state index is 13.1. The molecule has 0 aromatic heterocycles. The van der Waals surface area contributed by atoms with Crippen molar-refractivity contribution in [2.45, 2.75) is 320 Å². The number of carbonyl (C=O) groups excluding carboxylic acids is 1. The summed E-state index contributed by atoms with van der Waals surface area (Å²) in [6.07, 6.45) is 76.0. The third-order valence-corrected chi connectivity index (χ3v) is 15.0. The molecule has 0 bridgehead atoms. The van der Waals surface area contributed by atoms with Gasteiger partial charge >= 0.3 is 0 Å². The number of allylic oxidation sites excluding steroid dienone is 16. The highest BCUT2D eigenvalue weighted by atomic mass is 16.7. The molecule has 9 nitrogen and oxygen atoms in total. The van der Waals surface area contributed by atoms with Gasteiger partial charge in [-0.25, -0.2) is 0 Å². The van der Waals surface area contributed by atoms with E-state index in [2.05, 4.69) is 116 Å². The smallest absolute Gasteiger partial charge is 0.220 e. The highest BCUT2D eigenvalue weighted by Crippen LogP contribution is 2.23. The van der Waals surface area contributed by atoms with Gasteiger partial charge in [0.1, 0.15) is 24.4 Å². The number of rotatable bonds is 55. The van der Waals surface area contributed by atoms with E-state index in [1.165, 1.54) is 161 Å². The van der Waals surface area contributed by atoms with E-state index < -0.39 is 49.5 Å². The Balaban J connectivity index is 2.21. The van der Waals surface area contributed by atoms with E-state index in [-0.39, 0.29) is 12.5 Å². The molecule has 9 heteroatoms. The molecule has 1 fully saturated rings. The van der Waals surface area contributed by atoms with Crippen LogP contribution in [0.25, 0.3) is 0 Å². The summed E-state index contributed by atoms with van der Waals surface area (Å²) in [6, 6.07) is -0.751. The third-order valence-electron chi connectivity index (χ3n) is 15.0. The summed E-state index contributed by atoms with van der Waals surface area (Å²) in [6.45, 7) is 3.72. The Kier molecular flexibility index (Phi) is 53.8. The zero-order valence-corrected chi connectivity index (χ0v) is 50.1. The van der Waals surface area contributed by atoms with Gasteiger partial charge in [0.25, 0.3) is 0 Å². The number of hydrogen-bond donors (Lipinski definition) is 6. The SMILES string of the molecule is CC/C=C\C/C=C\C/C=C\C/C=C\C/C=C\C/C=C\C/C=C\C/C=C\CCCCC(=O)NC(COC1OC(CO)C(O)C(O)C1O)C(O)CCCCCCCCCCCCCCCCCCCCCCCCCCCCCC. The minimum Gasteiger partial charge on any atom is -0.394 e. The molecule has 1 saturated heterocycles. The quantitative estimate of drug-likeness (QED) is 0.0261. The monoisotopic (exact) mass is 1090 g/mol.